The molecule has 3 rings (SSSR count). The zero-order valence-corrected chi connectivity index (χ0v) is 15.5. The van der Waals surface area contributed by atoms with Crippen molar-refractivity contribution in [3.8, 4) is 5.75 Å². The molecule has 1 unspecified atom stereocenters. The van der Waals surface area contributed by atoms with Gasteiger partial charge in [0.1, 0.15) is 11.8 Å². The van der Waals surface area contributed by atoms with Crippen molar-refractivity contribution in [3.63, 3.8) is 0 Å². The third kappa shape index (κ3) is 4.48. The van der Waals surface area contributed by atoms with Crippen LogP contribution in [0, 0.1) is 0 Å². The summed E-state index contributed by atoms with van der Waals surface area (Å²) in [5.74, 6) is 0.987. The fourth-order valence-corrected chi connectivity index (χ4v) is 3.22. The molecule has 1 N–H and O–H groups in total. The molecule has 5 nitrogen and oxygen atoms in total. The lowest BCUT2D eigenvalue weighted by molar-refractivity contribution is -0.131. The second-order valence-electron chi connectivity index (χ2n) is 6.47. The number of benzene rings is 2. The van der Waals surface area contributed by atoms with Gasteiger partial charge in [0.2, 0.25) is 5.91 Å². The molecule has 1 amide bonds. The highest BCUT2D eigenvalue weighted by atomic mass is 16.5. The zero-order valence-electron chi connectivity index (χ0n) is 15.5. The summed E-state index contributed by atoms with van der Waals surface area (Å²) < 4.78 is 5.45. The highest BCUT2D eigenvalue weighted by Gasteiger charge is 2.24. The molecular formula is C21H27N3O2. The van der Waals surface area contributed by atoms with Crippen LogP contribution in [0.1, 0.15) is 13.8 Å². The van der Waals surface area contributed by atoms with E-state index in [1.54, 1.807) is 0 Å². The number of piperazine rings is 1. The van der Waals surface area contributed by atoms with Crippen LogP contribution in [-0.4, -0.2) is 49.6 Å². The van der Waals surface area contributed by atoms with E-state index in [0.29, 0.717) is 6.61 Å². The van der Waals surface area contributed by atoms with E-state index in [9.17, 15) is 4.79 Å². The first-order valence-electron chi connectivity index (χ1n) is 9.25. The summed E-state index contributed by atoms with van der Waals surface area (Å²) in [6, 6.07) is 17.8. The number of hydrogen-bond donors (Lipinski definition) is 1. The molecule has 1 fully saturated rings. The maximum absolute atomic E-state index is 12.7. The van der Waals surface area contributed by atoms with Crippen LogP contribution in [0.3, 0.4) is 0 Å². The van der Waals surface area contributed by atoms with Gasteiger partial charge in [-0.2, -0.15) is 0 Å². The number of ether oxygens (including phenoxy) is 1. The van der Waals surface area contributed by atoms with E-state index >= 15 is 0 Å². The summed E-state index contributed by atoms with van der Waals surface area (Å²) in [5, 5.41) is 3.29. The Bertz CT molecular complexity index is 695. The fourth-order valence-electron chi connectivity index (χ4n) is 3.22. The maximum Gasteiger partial charge on any atom is 0.244 e. The van der Waals surface area contributed by atoms with Gasteiger partial charge < -0.3 is 19.9 Å². The van der Waals surface area contributed by atoms with Crippen molar-refractivity contribution in [2.45, 2.75) is 19.9 Å². The van der Waals surface area contributed by atoms with Gasteiger partial charge in [-0.05, 0) is 50.2 Å². The Morgan fingerprint density at radius 3 is 2.31 bits per heavy atom. The first-order valence-corrected chi connectivity index (χ1v) is 9.25. The van der Waals surface area contributed by atoms with Gasteiger partial charge in [-0.15, -0.1) is 0 Å². The first kappa shape index (κ1) is 18.1. The molecule has 1 aliphatic rings. The molecule has 1 aliphatic heterocycles. The number of hydrogen-bond acceptors (Lipinski definition) is 4. The van der Waals surface area contributed by atoms with Gasteiger partial charge >= 0.3 is 0 Å². The van der Waals surface area contributed by atoms with Crippen LogP contribution in [0.5, 0.6) is 5.75 Å². The highest BCUT2D eigenvalue weighted by Crippen LogP contribution is 2.18. The third-order valence-electron chi connectivity index (χ3n) is 4.63. The Labute approximate surface area is 155 Å². The quantitative estimate of drug-likeness (QED) is 0.866. The van der Waals surface area contributed by atoms with E-state index in [-0.39, 0.29) is 11.9 Å². The smallest absolute Gasteiger partial charge is 0.244 e. The van der Waals surface area contributed by atoms with Crippen molar-refractivity contribution < 1.29 is 9.53 Å². The monoisotopic (exact) mass is 353 g/mol. The van der Waals surface area contributed by atoms with Gasteiger partial charge in [-0.3, -0.25) is 4.79 Å². The average Bonchev–Trinajstić information content (AvgIpc) is 2.70. The van der Waals surface area contributed by atoms with Crippen LogP contribution in [0.25, 0.3) is 0 Å². The normalized spacial score (nSPS) is 15.5. The lowest BCUT2D eigenvalue weighted by Crippen LogP contribution is -2.52. The van der Waals surface area contributed by atoms with E-state index in [4.69, 9.17) is 4.74 Å². The van der Waals surface area contributed by atoms with Gasteiger partial charge in [-0.1, -0.05) is 18.2 Å². The molecule has 0 aromatic heterocycles. The SMILES string of the molecule is CCOc1ccc(NC(C)C(=O)N2CCN(c3ccccc3)CC2)cc1. The standard InChI is InChI=1S/C21H27N3O2/c1-3-26-20-11-9-18(10-12-20)22-17(2)21(25)24-15-13-23(14-16-24)19-7-5-4-6-8-19/h4-12,17,22H,3,13-16H2,1-2H3. The number of nitrogens with zero attached hydrogens (tertiary/aromatic N) is 2. The van der Waals surface area contributed by atoms with Crippen LogP contribution in [-0.2, 0) is 4.79 Å². The molecule has 26 heavy (non-hydrogen) atoms. The fraction of sp³-hybridized carbons (Fsp3) is 0.381. The lowest BCUT2D eigenvalue weighted by atomic mass is 10.2. The van der Waals surface area contributed by atoms with Crippen molar-refractivity contribution in [3.05, 3.63) is 54.6 Å². The van der Waals surface area contributed by atoms with Crippen LogP contribution in [0.15, 0.2) is 54.6 Å². The number of anilines is 2. The Balaban J connectivity index is 1.51. The van der Waals surface area contributed by atoms with Gasteiger partial charge in [0, 0.05) is 37.6 Å². The second-order valence-corrected chi connectivity index (χ2v) is 6.47. The number of carbonyl (C=O) groups excluding carboxylic acids is 1. The number of rotatable bonds is 6. The summed E-state index contributed by atoms with van der Waals surface area (Å²) in [4.78, 5) is 17.0. The van der Waals surface area contributed by atoms with Crippen LogP contribution >= 0.6 is 0 Å². The van der Waals surface area contributed by atoms with Crippen molar-refractivity contribution in [1.82, 2.24) is 4.90 Å². The van der Waals surface area contributed by atoms with E-state index in [1.165, 1.54) is 5.69 Å². The molecule has 0 radical (unpaired) electrons. The summed E-state index contributed by atoms with van der Waals surface area (Å²) in [6.07, 6.45) is 0. The highest BCUT2D eigenvalue weighted by molar-refractivity contribution is 5.84. The predicted octanol–water partition coefficient (Wildman–Crippen LogP) is 3.23. The summed E-state index contributed by atoms with van der Waals surface area (Å²) in [6.45, 7) is 7.77. The van der Waals surface area contributed by atoms with E-state index in [1.807, 2.05) is 49.1 Å². The molecular weight excluding hydrogens is 326 g/mol. The molecule has 2 aromatic carbocycles. The molecule has 0 bridgehead atoms. The summed E-state index contributed by atoms with van der Waals surface area (Å²) in [7, 11) is 0. The molecule has 2 aromatic rings. The Hall–Kier alpha value is -2.69. The topological polar surface area (TPSA) is 44.8 Å². The Kier molecular flexibility index (Phi) is 6.00. The van der Waals surface area contributed by atoms with E-state index < -0.39 is 0 Å². The molecule has 0 spiro atoms. The van der Waals surface area contributed by atoms with Gasteiger partial charge in [0.05, 0.1) is 6.61 Å². The first-order chi connectivity index (χ1) is 12.7. The van der Waals surface area contributed by atoms with Crippen LogP contribution in [0.4, 0.5) is 11.4 Å². The summed E-state index contributed by atoms with van der Waals surface area (Å²) in [5.41, 5.74) is 2.15. The third-order valence-corrected chi connectivity index (χ3v) is 4.63. The molecule has 138 valence electrons. The minimum Gasteiger partial charge on any atom is -0.494 e. The number of amides is 1. The Morgan fingerprint density at radius 2 is 1.69 bits per heavy atom. The second kappa shape index (κ2) is 8.61. The molecule has 0 aliphatic carbocycles. The van der Waals surface area contributed by atoms with E-state index in [0.717, 1.165) is 37.6 Å². The molecule has 1 saturated heterocycles. The van der Waals surface area contributed by atoms with Crippen LogP contribution < -0.4 is 15.0 Å². The minimum absolute atomic E-state index is 0.145. The zero-order chi connectivity index (χ0) is 18.4. The van der Waals surface area contributed by atoms with Gasteiger partial charge in [0.25, 0.3) is 0 Å². The van der Waals surface area contributed by atoms with Gasteiger partial charge in [0.15, 0.2) is 0 Å². The van der Waals surface area contributed by atoms with Crippen molar-refractivity contribution in [2.75, 3.05) is 43.0 Å². The van der Waals surface area contributed by atoms with Crippen molar-refractivity contribution in [1.29, 1.82) is 0 Å². The molecule has 1 atom stereocenters. The van der Waals surface area contributed by atoms with Crippen molar-refractivity contribution >= 4 is 17.3 Å². The number of carbonyl (C=O) groups is 1. The largest absolute Gasteiger partial charge is 0.494 e. The average molecular weight is 353 g/mol. The van der Waals surface area contributed by atoms with Crippen molar-refractivity contribution in [2.24, 2.45) is 0 Å². The molecule has 1 heterocycles. The van der Waals surface area contributed by atoms with E-state index in [2.05, 4.69) is 34.5 Å². The number of nitrogens with one attached hydrogen (secondary N) is 1. The number of para-hydroxylation sites is 1. The predicted molar refractivity (Wildman–Crippen MR) is 106 cm³/mol. The minimum atomic E-state index is -0.254. The lowest BCUT2D eigenvalue weighted by Gasteiger charge is -2.37. The maximum atomic E-state index is 12.7. The molecule has 0 saturated carbocycles. The summed E-state index contributed by atoms with van der Waals surface area (Å²) >= 11 is 0. The molecule has 5 heteroatoms. The van der Waals surface area contributed by atoms with Gasteiger partial charge in [-0.25, -0.2) is 0 Å². The van der Waals surface area contributed by atoms with Crippen LogP contribution in [0.2, 0.25) is 0 Å². The Morgan fingerprint density at radius 1 is 1.04 bits per heavy atom.